The molecule has 3 atom stereocenters. The average molecular weight is 294 g/mol. The van der Waals surface area contributed by atoms with Crippen LogP contribution in [-0.4, -0.2) is 47.9 Å². The van der Waals surface area contributed by atoms with Crippen molar-refractivity contribution in [2.45, 2.75) is 44.6 Å². The van der Waals surface area contributed by atoms with Gasteiger partial charge in [-0.3, -0.25) is 4.90 Å². The zero-order valence-corrected chi connectivity index (χ0v) is 12.8. The molecule has 0 N–H and O–H groups in total. The zero-order valence-electron chi connectivity index (χ0n) is 12.0. The van der Waals surface area contributed by atoms with Crippen LogP contribution in [0.25, 0.3) is 0 Å². The summed E-state index contributed by atoms with van der Waals surface area (Å²) in [6.45, 7) is 9.11. The van der Waals surface area contributed by atoms with Crippen molar-refractivity contribution in [3.63, 3.8) is 0 Å². The summed E-state index contributed by atoms with van der Waals surface area (Å²) in [6, 6.07) is 0.473. The summed E-state index contributed by atoms with van der Waals surface area (Å²) in [4.78, 5) is 7.09. The van der Waals surface area contributed by atoms with Crippen LogP contribution in [0.15, 0.2) is 18.0 Å². The maximum Gasteiger partial charge on any atom is 0.0992 e. The molecule has 1 aromatic heterocycles. The quantitative estimate of drug-likeness (QED) is 0.781. The second-order valence-electron chi connectivity index (χ2n) is 5.47. The fourth-order valence-electron chi connectivity index (χ4n) is 3.25. The second kappa shape index (κ2) is 6.35. The van der Waals surface area contributed by atoms with Crippen LogP contribution in [-0.2, 0) is 16.0 Å². The smallest absolute Gasteiger partial charge is 0.0992 e. The van der Waals surface area contributed by atoms with Gasteiger partial charge < -0.3 is 9.47 Å². The Labute approximate surface area is 124 Å². The Morgan fingerprint density at radius 2 is 2.50 bits per heavy atom. The minimum absolute atomic E-state index is 0.212. The Hall–Kier alpha value is -0.750. The van der Waals surface area contributed by atoms with E-state index in [1.54, 1.807) is 11.3 Å². The van der Waals surface area contributed by atoms with Gasteiger partial charge in [-0.05, 0) is 19.8 Å². The van der Waals surface area contributed by atoms with E-state index in [9.17, 15) is 0 Å². The number of rotatable bonds is 5. The van der Waals surface area contributed by atoms with Crippen LogP contribution in [0, 0.1) is 6.92 Å². The summed E-state index contributed by atoms with van der Waals surface area (Å²) < 4.78 is 11.8. The summed E-state index contributed by atoms with van der Waals surface area (Å²) in [5, 5.41) is 3.31. The van der Waals surface area contributed by atoms with Gasteiger partial charge in [0.2, 0.25) is 0 Å². The lowest BCUT2D eigenvalue weighted by Crippen LogP contribution is -2.51. The SMILES string of the molecule is C=CCO[C@H]1CC[C@H]2[C@H]1OCCN2Cc1csc(C)n1. The highest BCUT2D eigenvalue weighted by Crippen LogP contribution is 2.33. The third kappa shape index (κ3) is 2.96. The van der Waals surface area contributed by atoms with Crippen molar-refractivity contribution in [1.82, 2.24) is 9.88 Å². The number of hydrogen-bond acceptors (Lipinski definition) is 5. The molecule has 0 unspecified atom stereocenters. The molecule has 110 valence electrons. The molecule has 3 rings (SSSR count). The van der Waals surface area contributed by atoms with Gasteiger partial charge in [0.1, 0.15) is 0 Å². The third-order valence-electron chi connectivity index (χ3n) is 4.11. The predicted octanol–water partition coefficient (Wildman–Crippen LogP) is 2.39. The van der Waals surface area contributed by atoms with E-state index in [0.717, 1.165) is 37.5 Å². The fraction of sp³-hybridized carbons (Fsp3) is 0.667. The van der Waals surface area contributed by atoms with E-state index in [1.165, 1.54) is 5.69 Å². The van der Waals surface area contributed by atoms with Gasteiger partial charge in [-0.25, -0.2) is 4.98 Å². The van der Waals surface area contributed by atoms with Crippen LogP contribution in [0.5, 0.6) is 0 Å². The van der Waals surface area contributed by atoms with Crippen molar-refractivity contribution < 1.29 is 9.47 Å². The largest absolute Gasteiger partial charge is 0.373 e. The van der Waals surface area contributed by atoms with E-state index >= 15 is 0 Å². The average Bonchev–Trinajstić information content (AvgIpc) is 3.04. The normalized spacial score (nSPS) is 30.4. The molecule has 1 aromatic rings. The highest BCUT2D eigenvalue weighted by Gasteiger charge is 2.43. The Balaban J connectivity index is 1.63. The highest BCUT2D eigenvalue weighted by molar-refractivity contribution is 7.09. The number of morpholine rings is 1. The van der Waals surface area contributed by atoms with Gasteiger partial charge in [0.15, 0.2) is 0 Å². The van der Waals surface area contributed by atoms with Crippen LogP contribution < -0.4 is 0 Å². The topological polar surface area (TPSA) is 34.6 Å². The lowest BCUT2D eigenvalue weighted by molar-refractivity contribution is -0.111. The summed E-state index contributed by atoms with van der Waals surface area (Å²) in [6.07, 6.45) is 4.47. The Morgan fingerprint density at radius 3 is 3.25 bits per heavy atom. The predicted molar refractivity (Wildman–Crippen MR) is 80.0 cm³/mol. The molecule has 4 nitrogen and oxygen atoms in total. The number of hydrogen-bond donors (Lipinski definition) is 0. The van der Waals surface area contributed by atoms with Crippen molar-refractivity contribution in [3.8, 4) is 0 Å². The van der Waals surface area contributed by atoms with E-state index in [4.69, 9.17) is 9.47 Å². The van der Waals surface area contributed by atoms with Gasteiger partial charge in [-0.15, -0.1) is 17.9 Å². The molecule has 20 heavy (non-hydrogen) atoms. The molecular weight excluding hydrogens is 272 g/mol. The van der Waals surface area contributed by atoms with E-state index in [0.29, 0.717) is 12.6 Å². The summed E-state index contributed by atoms with van der Waals surface area (Å²) in [7, 11) is 0. The fourth-order valence-corrected chi connectivity index (χ4v) is 3.85. The summed E-state index contributed by atoms with van der Waals surface area (Å²) in [5.41, 5.74) is 1.18. The van der Waals surface area contributed by atoms with Crippen molar-refractivity contribution in [1.29, 1.82) is 0 Å². The van der Waals surface area contributed by atoms with Gasteiger partial charge in [-0.1, -0.05) is 6.08 Å². The number of nitrogens with zero attached hydrogens (tertiary/aromatic N) is 2. The molecule has 1 saturated heterocycles. The first-order valence-electron chi connectivity index (χ1n) is 7.27. The number of fused-ring (bicyclic) bond motifs is 1. The minimum atomic E-state index is 0.212. The molecule has 0 bridgehead atoms. The van der Waals surface area contributed by atoms with Crippen LogP contribution >= 0.6 is 11.3 Å². The number of aryl methyl sites for hydroxylation is 1. The van der Waals surface area contributed by atoms with E-state index in [2.05, 4.69) is 28.8 Å². The first kappa shape index (κ1) is 14.2. The van der Waals surface area contributed by atoms with Gasteiger partial charge in [0, 0.05) is 24.5 Å². The lowest BCUT2D eigenvalue weighted by atomic mass is 10.1. The lowest BCUT2D eigenvalue weighted by Gasteiger charge is -2.38. The van der Waals surface area contributed by atoms with E-state index in [-0.39, 0.29) is 12.2 Å². The van der Waals surface area contributed by atoms with E-state index in [1.807, 2.05) is 6.08 Å². The van der Waals surface area contributed by atoms with Gasteiger partial charge in [0.05, 0.1) is 36.1 Å². The van der Waals surface area contributed by atoms with Gasteiger partial charge in [0.25, 0.3) is 0 Å². The number of aromatic nitrogens is 1. The maximum atomic E-state index is 5.97. The summed E-state index contributed by atoms with van der Waals surface area (Å²) in [5.74, 6) is 0. The minimum Gasteiger partial charge on any atom is -0.373 e. The molecule has 0 amide bonds. The third-order valence-corrected chi connectivity index (χ3v) is 4.93. The van der Waals surface area contributed by atoms with Crippen molar-refractivity contribution in [3.05, 3.63) is 28.7 Å². The van der Waals surface area contributed by atoms with Gasteiger partial charge >= 0.3 is 0 Å². The zero-order chi connectivity index (χ0) is 13.9. The molecule has 2 heterocycles. The molecule has 0 spiro atoms. The maximum absolute atomic E-state index is 5.97. The van der Waals surface area contributed by atoms with Crippen molar-refractivity contribution in [2.75, 3.05) is 19.8 Å². The monoisotopic (exact) mass is 294 g/mol. The molecule has 2 aliphatic rings. The van der Waals surface area contributed by atoms with Crippen LogP contribution in [0.4, 0.5) is 0 Å². The molecular formula is C15H22N2O2S. The molecule has 5 heteroatoms. The Kier molecular flexibility index (Phi) is 4.51. The number of thiazole rings is 1. The van der Waals surface area contributed by atoms with Crippen LogP contribution in [0.1, 0.15) is 23.5 Å². The molecule has 1 aliphatic heterocycles. The molecule has 0 aromatic carbocycles. The van der Waals surface area contributed by atoms with Crippen LogP contribution in [0.3, 0.4) is 0 Å². The van der Waals surface area contributed by atoms with Crippen molar-refractivity contribution in [2.24, 2.45) is 0 Å². The molecule has 1 saturated carbocycles. The Bertz CT molecular complexity index is 462. The number of ether oxygens (including phenoxy) is 2. The first-order chi connectivity index (χ1) is 9.78. The van der Waals surface area contributed by atoms with Crippen LogP contribution in [0.2, 0.25) is 0 Å². The van der Waals surface area contributed by atoms with Gasteiger partial charge in [-0.2, -0.15) is 0 Å². The van der Waals surface area contributed by atoms with E-state index < -0.39 is 0 Å². The summed E-state index contributed by atoms with van der Waals surface area (Å²) >= 11 is 1.73. The van der Waals surface area contributed by atoms with Crippen molar-refractivity contribution >= 4 is 11.3 Å². The molecule has 2 fully saturated rings. The standard InChI is InChI=1S/C15H22N2O2S/c1-3-7-18-14-5-4-13-15(14)19-8-6-17(13)9-12-10-20-11(2)16-12/h3,10,13-15H,1,4-9H2,2H3/t13-,14-,15+/m0/s1. The molecule has 1 aliphatic carbocycles. The highest BCUT2D eigenvalue weighted by atomic mass is 32.1. The second-order valence-corrected chi connectivity index (χ2v) is 6.53. The first-order valence-corrected chi connectivity index (χ1v) is 8.15. The Morgan fingerprint density at radius 1 is 1.60 bits per heavy atom. The molecule has 0 radical (unpaired) electrons.